The molecule has 28 heavy (non-hydrogen) atoms. The third-order valence-corrected chi connectivity index (χ3v) is 5.61. The average molecular weight is 370 g/mol. The molecule has 6 heteroatoms. The maximum atomic E-state index is 9.09. The number of aromatic amines is 2. The van der Waals surface area contributed by atoms with Crippen molar-refractivity contribution in [2.45, 2.75) is 13.0 Å². The normalized spacial score (nSPS) is 16.8. The molecule has 5 rings (SSSR count). The molecule has 2 aromatic heterocycles. The van der Waals surface area contributed by atoms with Crippen LogP contribution in [0.1, 0.15) is 17.5 Å². The maximum Gasteiger partial charge on any atom is 0.116 e. The second kappa shape index (κ2) is 7.12. The lowest BCUT2D eigenvalue weighted by Crippen LogP contribution is -2.24. The second-order valence-electron chi connectivity index (χ2n) is 7.50. The van der Waals surface area contributed by atoms with Gasteiger partial charge in [-0.1, -0.05) is 12.1 Å². The molecule has 0 bridgehead atoms. The Morgan fingerprint density at radius 1 is 1.14 bits per heavy atom. The first-order valence-electron chi connectivity index (χ1n) is 9.72. The summed E-state index contributed by atoms with van der Waals surface area (Å²) in [5.74, 6) is 0.731. The SMILES string of the molecule is N#Cc1ccc2c(-c3cc4c(CNCC5CCNC5)cccc4[nH]3)n[nH]c2c1. The molecule has 1 saturated heterocycles. The Morgan fingerprint density at radius 2 is 2.11 bits per heavy atom. The highest BCUT2D eigenvalue weighted by molar-refractivity contribution is 5.96. The number of aromatic nitrogens is 3. The second-order valence-corrected chi connectivity index (χ2v) is 7.50. The topological polar surface area (TPSA) is 92.3 Å². The molecule has 1 atom stereocenters. The fraction of sp³-hybridized carbons (Fsp3) is 0.273. The monoisotopic (exact) mass is 370 g/mol. The highest BCUT2D eigenvalue weighted by Crippen LogP contribution is 2.30. The highest BCUT2D eigenvalue weighted by atomic mass is 15.1. The fourth-order valence-corrected chi connectivity index (χ4v) is 4.09. The van der Waals surface area contributed by atoms with Crippen molar-refractivity contribution in [2.75, 3.05) is 19.6 Å². The molecular weight excluding hydrogens is 348 g/mol. The lowest BCUT2D eigenvalue weighted by Gasteiger charge is -2.10. The van der Waals surface area contributed by atoms with Crippen LogP contribution in [0.5, 0.6) is 0 Å². The zero-order valence-electron chi connectivity index (χ0n) is 15.5. The van der Waals surface area contributed by atoms with Gasteiger partial charge in [0, 0.05) is 22.8 Å². The number of H-pyrrole nitrogens is 2. The number of hydrogen-bond donors (Lipinski definition) is 4. The molecular formula is C22H22N6. The quantitative estimate of drug-likeness (QED) is 0.434. The zero-order chi connectivity index (χ0) is 18.9. The predicted molar refractivity (Wildman–Crippen MR) is 111 cm³/mol. The van der Waals surface area contributed by atoms with Crippen LogP contribution < -0.4 is 10.6 Å². The van der Waals surface area contributed by atoms with Gasteiger partial charge >= 0.3 is 0 Å². The van der Waals surface area contributed by atoms with Crippen molar-refractivity contribution in [1.82, 2.24) is 25.8 Å². The van der Waals surface area contributed by atoms with Gasteiger partial charge in [0.2, 0.25) is 0 Å². The Morgan fingerprint density at radius 3 is 2.96 bits per heavy atom. The van der Waals surface area contributed by atoms with Gasteiger partial charge in [-0.15, -0.1) is 0 Å². The molecule has 0 radical (unpaired) electrons. The van der Waals surface area contributed by atoms with Crippen molar-refractivity contribution in [1.29, 1.82) is 5.26 Å². The fourth-order valence-electron chi connectivity index (χ4n) is 4.09. The summed E-state index contributed by atoms with van der Waals surface area (Å²) in [6.07, 6.45) is 1.26. The molecule has 1 aliphatic rings. The molecule has 0 spiro atoms. The molecule has 3 heterocycles. The van der Waals surface area contributed by atoms with Crippen molar-refractivity contribution in [3.05, 3.63) is 53.6 Å². The zero-order valence-corrected chi connectivity index (χ0v) is 15.5. The van der Waals surface area contributed by atoms with Crippen LogP contribution in [0, 0.1) is 17.2 Å². The van der Waals surface area contributed by atoms with Crippen LogP contribution in [0.3, 0.4) is 0 Å². The van der Waals surface area contributed by atoms with Crippen molar-refractivity contribution in [3.63, 3.8) is 0 Å². The molecule has 4 N–H and O–H groups in total. The molecule has 1 aliphatic heterocycles. The van der Waals surface area contributed by atoms with Crippen molar-refractivity contribution in [2.24, 2.45) is 5.92 Å². The van der Waals surface area contributed by atoms with E-state index >= 15 is 0 Å². The Bertz CT molecular complexity index is 1170. The van der Waals surface area contributed by atoms with Gasteiger partial charge in [0.25, 0.3) is 0 Å². The largest absolute Gasteiger partial charge is 0.353 e. The van der Waals surface area contributed by atoms with Crippen molar-refractivity contribution in [3.8, 4) is 17.5 Å². The minimum absolute atomic E-state index is 0.630. The van der Waals surface area contributed by atoms with Crippen LogP contribution in [0.2, 0.25) is 0 Å². The predicted octanol–water partition coefficient (Wildman–Crippen LogP) is 3.28. The van der Waals surface area contributed by atoms with Crippen LogP contribution in [-0.2, 0) is 6.54 Å². The lowest BCUT2D eigenvalue weighted by atomic mass is 10.1. The third kappa shape index (κ3) is 3.05. The molecule has 6 nitrogen and oxygen atoms in total. The van der Waals surface area contributed by atoms with Gasteiger partial charge < -0.3 is 15.6 Å². The number of nitrogens with one attached hydrogen (secondary N) is 4. The molecule has 0 aliphatic carbocycles. The van der Waals surface area contributed by atoms with Gasteiger partial charge in [0.05, 0.1) is 22.8 Å². The number of benzene rings is 2. The Hall–Kier alpha value is -3.14. The van der Waals surface area contributed by atoms with E-state index in [-0.39, 0.29) is 0 Å². The van der Waals surface area contributed by atoms with Crippen molar-refractivity contribution < 1.29 is 0 Å². The molecule has 1 fully saturated rings. The van der Waals surface area contributed by atoms with E-state index in [1.165, 1.54) is 17.4 Å². The van der Waals surface area contributed by atoms with Crippen LogP contribution >= 0.6 is 0 Å². The number of hydrogen-bond acceptors (Lipinski definition) is 4. The first kappa shape index (κ1) is 17.0. The van der Waals surface area contributed by atoms with E-state index in [0.717, 1.165) is 59.9 Å². The van der Waals surface area contributed by atoms with E-state index < -0.39 is 0 Å². The maximum absolute atomic E-state index is 9.09. The summed E-state index contributed by atoms with van der Waals surface area (Å²) in [6.45, 7) is 4.16. The highest BCUT2D eigenvalue weighted by Gasteiger charge is 2.15. The smallest absolute Gasteiger partial charge is 0.116 e. The van der Waals surface area contributed by atoms with E-state index in [2.05, 4.69) is 56.1 Å². The molecule has 2 aromatic carbocycles. The Labute approximate surface area is 162 Å². The van der Waals surface area contributed by atoms with E-state index in [9.17, 15) is 0 Å². The summed E-state index contributed by atoms with van der Waals surface area (Å²) < 4.78 is 0. The van der Waals surface area contributed by atoms with Gasteiger partial charge in [-0.25, -0.2) is 0 Å². The molecule has 0 saturated carbocycles. The minimum atomic E-state index is 0.630. The lowest BCUT2D eigenvalue weighted by molar-refractivity contribution is 0.513. The van der Waals surface area contributed by atoms with Crippen molar-refractivity contribution >= 4 is 21.8 Å². The summed E-state index contributed by atoms with van der Waals surface area (Å²) in [5, 5.41) is 25.9. The van der Waals surface area contributed by atoms with E-state index in [1.54, 1.807) is 0 Å². The first-order valence-corrected chi connectivity index (χ1v) is 9.72. The van der Waals surface area contributed by atoms with Gasteiger partial charge in [-0.05, 0) is 67.9 Å². The number of fused-ring (bicyclic) bond motifs is 2. The molecule has 4 aromatic rings. The van der Waals surface area contributed by atoms with Crippen LogP contribution in [0.25, 0.3) is 33.2 Å². The van der Waals surface area contributed by atoms with Crippen LogP contribution in [-0.4, -0.2) is 34.8 Å². The summed E-state index contributed by atoms with van der Waals surface area (Å²) >= 11 is 0. The summed E-state index contributed by atoms with van der Waals surface area (Å²) in [6, 6.07) is 16.3. The van der Waals surface area contributed by atoms with E-state index in [0.29, 0.717) is 5.56 Å². The summed E-state index contributed by atoms with van der Waals surface area (Å²) in [7, 11) is 0. The Balaban J connectivity index is 1.44. The van der Waals surface area contributed by atoms with Gasteiger partial charge in [0.1, 0.15) is 5.69 Å². The third-order valence-electron chi connectivity index (χ3n) is 5.61. The average Bonchev–Trinajstić information content (AvgIpc) is 3.46. The first-order chi connectivity index (χ1) is 13.8. The van der Waals surface area contributed by atoms with Gasteiger partial charge in [0.15, 0.2) is 0 Å². The van der Waals surface area contributed by atoms with E-state index in [4.69, 9.17) is 5.26 Å². The number of rotatable bonds is 5. The number of nitrogens with zero attached hydrogens (tertiary/aromatic N) is 2. The van der Waals surface area contributed by atoms with Gasteiger partial charge in [-0.3, -0.25) is 5.10 Å². The molecule has 0 amide bonds. The summed E-state index contributed by atoms with van der Waals surface area (Å²) in [5.41, 5.74) is 5.77. The van der Waals surface area contributed by atoms with E-state index in [1.807, 2.05) is 18.2 Å². The standard InChI is InChI=1S/C22H22N6/c23-10-14-4-5-17-20(8-14)27-28-22(17)21-9-18-16(2-1-3-19(18)26-21)13-25-12-15-6-7-24-11-15/h1-5,8-9,15,24-26H,6-7,11-13H2,(H,27,28). The molecule has 1 unspecified atom stereocenters. The minimum Gasteiger partial charge on any atom is -0.353 e. The van der Waals surface area contributed by atoms with Crippen LogP contribution in [0.4, 0.5) is 0 Å². The Kier molecular flexibility index (Phi) is 4.32. The van der Waals surface area contributed by atoms with Gasteiger partial charge in [-0.2, -0.15) is 10.4 Å². The number of nitriles is 1. The summed E-state index contributed by atoms with van der Waals surface area (Å²) in [4.78, 5) is 3.51. The molecule has 140 valence electrons. The van der Waals surface area contributed by atoms with Crippen LogP contribution in [0.15, 0.2) is 42.5 Å².